The van der Waals surface area contributed by atoms with Gasteiger partial charge in [0, 0.05) is 18.0 Å². The molecule has 0 aliphatic heterocycles. The molecule has 2 aromatic heterocycles. The predicted octanol–water partition coefficient (Wildman–Crippen LogP) is 3.62. The van der Waals surface area contributed by atoms with Gasteiger partial charge in [-0.2, -0.15) is 0 Å². The lowest BCUT2D eigenvalue weighted by atomic mass is 10.1. The normalized spacial score (nSPS) is 11.9. The van der Waals surface area contributed by atoms with Gasteiger partial charge in [0.05, 0.1) is 19.4 Å². The minimum absolute atomic E-state index is 0.491. The van der Waals surface area contributed by atoms with Gasteiger partial charge in [-0.15, -0.1) is 11.3 Å². The largest absolute Gasteiger partial charge is 0.468 e. The van der Waals surface area contributed by atoms with Crippen LogP contribution >= 0.6 is 11.3 Å². The highest BCUT2D eigenvalue weighted by Gasteiger charge is 2.07. The van der Waals surface area contributed by atoms with Crippen molar-refractivity contribution in [2.75, 3.05) is 13.6 Å². The molecule has 3 rings (SSSR count). The maximum atomic E-state index is 6.02. The molecule has 0 atom stereocenters. The SMILES string of the molecule is CN(Cc1ccco1)Cc1ccccc1CN=C(N)NCCc1cccs1. The van der Waals surface area contributed by atoms with Crippen molar-refractivity contribution >= 4 is 17.3 Å². The van der Waals surface area contributed by atoms with Gasteiger partial charge in [-0.3, -0.25) is 4.90 Å². The molecule has 0 aliphatic carbocycles. The third-order valence-electron chi connectivity index (χ3n) is 4.24. The van der Waals surface area contributed by atoms with Crippen LogP contribution in [0, 0.1) is 0 Å². The molecule has 0 radical (unpaired) electrons. The molecule has 2 heterocycles. The standard InChI is InChI=1S/C21H26N4OS/c1-25(16-19-8-4-12-26-19)15-18-7-3-2-6-17(18)14-24-21(22)23-11-10-20-9-5-13-27-20/h2-9,12-13H,10-11,14-16H2,1H3,(H3,22,23,24). The highest BCUT2D eigenvalue weighted by atomic mass is 32.1. The van der Waals surface area contributed by atoms with Crippen molar-refractivity contribution < 1.29 is 4.42 Å². The van der Waals surface area contributed by atoms with E-state index in [1.807, 2.05) is 18.2 Å². The molecular formula is C21H26N4OS. The van der Waals surface area contributed by atoms with E-state index in [-0.39, 0.29) is 0 Å². The van der Waals surface area contributed by atoms with Crippen molar-refractivity contribution in [3.05, 3.63) is 81.9 Å². The molecule has 0 spiro atoms. The number of furan rings is 1. The number of nitrogens with one attached hydrogen (secondary N) is 1. The number of hydrogen-bond donors (Lipinski definition) is 2. The summed E-state index contributed by atoms with van der Waals surface area (Å²) in [6.45, 7) is 2.97. The second-order valence-corrected chi connectivity index (χ2v) is 7.51. The summed E-state index contributed by atoms with van der Waals surface area (Å²) < 4.78 is 5.43. The Bertz CT molecular complexity index is 828. The molecule has 0 bridgehead atoms. The molecule has 3 aromatic rings. The van der Waals surface area contributed by atoms with E-state index in [1.54, 1.807) is 17.6 Å². The van der Waals surface area contributed by atoms with Gasteiger partial charge in [0.2, 0.25) is 0 Å². The minimum Gasteiger partial charge on any atom is -0.468 e. The Labute approximate surface area is 164 Å². The zero-order valence-electron chi connectivity index (χ0n) is 15.6. The first-order valence-corrected chi connectivity index (χ1v) is 9.92. The second-order valence-electron chi connectivity index (χ2n) is 6.48. The smallest absolute Gasteiger partial charge is 0.188 e. The third-order valence-corrected chi connectivity index (χ3v) is 5.18. The van der Waals surface area contributed by atoms with Gasteiger partial charge in [-0.25, -0.2) is 4.99 Å². The van der Waals surface area contributed by atoms with E-state index in [0.29, 0.717) is 12.5 Å². The number of nitrogens with zero attached hydrogens (tertiary/aromatic N) is 2. The van der Waals surface area contributed by atoms with E-state index in [4.69, 9.17) is 10.2 Å². The van der Waals surface area contributed by atoms with Crippen LogP contribution < -0.4 is 11.1 Å². The van der Waals surface area contributed by atoms with Crippen LogP contribution in [0.5, 0.6) is 0 Å². The molecule has 0 saturated heterocycles. The molecule has 0 unspecified atom stereocenters. The molecule has 0 aliphatic rings. The first kappa shape index (κ1) is 19.2. The summed E-state index contributed by atoms with van der Waals surface area (Å²) >= 11 is 1.76. The third kappa shape index (κ3) is 6.27. The molecule has 1 aromatic carbocycles. The lowest BCUT2D eigenvalue weighted by molar-refractivity contribution is 0.287. The van der Waals surface area contributed by atoms with Crippen LogP contribution in [0.15, 0.2) is 69.6 Å². The lowest BCUT2D eigenvalue weighted by Crippen LogP contribution is -2.33. The Kier molecular flexibility index (Phi) is 7.07. The van der Waals surface area contributed by atoms with E-state index in [0.717, 1.165) is 31.8 Å². The van der Waals surface area contributed by atoms with Crippen LogP contribution in [-0.2, 0) is 26.1 Å². The molecular weight excluding hydrogens is 356 g/mol. The van der Waals surface area contributed by atoms with Gasteiger partial charge >= 0.3 is 0 Å². The maximum absolute atomic E-state index is 6.02. The quantitative estimate of drug-likeness (QED) is 0.438. The zero-order valence-corrected chi connectivity index (χ0v) is 16.4. The van der Waals surface area contributed by atoms with Gasteiger partial charge < -0.3 is 15.5 Å². The molecule has 27 heavy (non-hydrogen) atoms. The van der Waals surface area contributed by atoms with Gasteiger partial charge in [0.15, 0.2) is 5.96 Å². The summed E-state index contributed by atoms with van der Waals surface area (Å²) in [5.41, 5.74) is 8.46. The molecule has 0 fully saturated rings. The van der Waals surface area contributed by atoms with Gasteiger partial charge in [0.1, 0.15) is 5.76 Å². The summed E-state index contributed by atoms with van der Waals surface area (Å²) in [6, 6.07) is 16.5. The van der Waals surface area contributed by atoms with Crippen molar-refractivity contribution in [1.82, 2.24) is 10.2 Å². The molecule has 6 heteroatoms. The number of nitrogens with two attached hydrogens (primary N) is 1. The number of aliphatic imine (C=N–C) groups is 1. The summed E-state index contributed by atoms with van der Waals surface area (Å²) in [5, 5.41) is 5.28. The molecule has 3 N–H and O–H groups in total. The fourth-order valence-corrected chi connectivity index (χ4v) is 3.59. The Morgan fingerprint density at radius 1 is 1.11 bits per heavy atom. The first-order valence-electron chi connectivity index (χ1n) is 9.04. The number of hydrogen-bond acceptors (Lipinski definition) is 4. The summed E-state index contributed by atoms with van der Waals surface area (Å²) in [4.78, 5) is 8.08. The monoisotopic (exact) mass is 382 g/mol. The molecule has 0 amide bonds. The van der Waals surface area contributed by atoms with Crippen LogP contribution in [0.1, 0.15) is 21.8 Å². The van der Waals surface area contributed by atoms with Crippen molar-refractivity contribution in [2.45, 2.75) is 26.1 Å². The highest BCUT2D eigenvalue weighted by molar-refractivity contribution is 7.09. The fourth-order valence-electron chi connectivity index (χ4n) is 2.88. The summed E-state index contributed by atoms with van der Waals surface area (Å²) in [5.74, 6) is 1.46. The van der Waals surface area contributed by atoms with E-state index in [1.165, 1.54) is 16.0 Å². The number of benzene rings is 1. The summed E-state index contributed by atoms with van der Waals surface area (Å²) in [6.07, 6.45) is 2.67. The van der Waals surface area contributed by atoms with Gasteiger partial charge in [-0.05, 0) is 48.2 Å². The van der Waals surface area contributed by atoms with Crippen LogP contribution in [0.3, 0.4) is 0 Å². The van der Waals surface area contributed by atoms with Gasteiger partial charge in [-0.1, -0.05) is 30.3 Å². The Hall–Kier alpha value is -2.57. The Morgan fingerprint density at radius 3 is 2.70 bits per heavy atom. The van der Waals surface area contributed by atoms with E-state index in [9.17, 15) is 0 Å². The summed E-state index contributed by atoms with van der Waals surface area (Å²) in [7, 11) is 2.09. The highest BCUT2D eigenvalue weighted by Crippen LogP contribution is 2.14. The topological polar surface area (TPSA) is 66.8 Å². The van der Waals surface area contributed by atoms with E-state index < -0.39 is 0 Å². The number of guanidine groups is 1. The van der Waals surface area contributed by atoms with E-state index >= 15 is 0 Å². The first-order chi connectivity index (χ1) is 13.2. The van der Waals surface area contributed by atoms with E-state index in [2.05, 4.69) is 58.0 Å². The average Bonchev–Trinajstić information content (AvgIpc) is 3.35. The Morgan fingerprint density at radius 2 is 1.96 bits per heavy atom. The Balaban J connectivity index is 1.51. The predicted molar refractivity (Wildman–Crippen MR) is 112 cm³/mol. The molecule has 0 saturated carbocycles. The van der Waals surface area contributed by atoms with Gasteiger partial charge in [0.25, 0.3) is 0 Å². The lowest BCUT2D eigenvalue weighted by Gasteiger charge is -2.17. The van der Waals surface area contributed by atoms with Crippen LogP contribution in [-0.4, -0.2) is 24.5 Å². The second kappa shape index (κ2) is 9.94. The number of thiophene rings is 1. The fraction of sp³-hybridized carbons (Fsp3) is 0.286. The zero-order chi connectivity index (χ0) is 18.9. The van der Waals surface area contributed by atoms with Crippen molar-refractivity contribution in [2.24, 2.45) is 10.7 Å². The molecule has 5 nitrogen and oxygen atoms in total. The molecule has 142 valence electrons. The van der Waals surface area contributed by atoms with Crippen LogP contribution in [0.2, 0.25) is 0 Å². The maximum Gasteiger partial charge on any atom is 0.188 e. The number of rotatable bonds is 9. The van der Waals surface area contributed by atoms with Crippen molar-refractivity contribution in [3.63, 3.8) is 0 Å². The minimum atomic E-state index is 0.491. The van der Waals surface area contributed by atoms with Crippen LogP contribution in [0.4, 0.5) is 0 Å². The van der Waals surface area contributed by atoms with Crippen molar-refractivity contribution in [1.29, 1.82) is 0 Å². The van der Waals surface area contributed by atoms with Crippen LogP contribution in [0.25, 0.3) is 0 Å². The van der Waals surface area contributed by atoms with Crippen molar-refractivity contribution in [3.8, 4) is 0 Å². The average molecular weight is 383 g/mol.